The smallest absolute Gasteiger partial charge is 0.390 e. The molecule has 0 aromatic carbocycles. The summed E-state index contributed by atoms with van der Waals surface area (Å²) in [5.41, 5.74) is 0. The molecule has 0 bridgehead atoms. The third kappa shape index (κ3) is 5.03. The van der Waals surface area contributed by atoms with Gasteiger partial charge in [-0.25, -0.2) is 8.42 Å². The predicted octanol–water partition coefficient (Wildman–Crippen LogP) is 2.65. The molecule has 11 heteroatoms. The van der Waals surface area contributed by atoms with E-state index in [9.17, 15) is 26.4 Å². The van der Waals surface area contributed by atoms with Crippen molar-refractivity contribution in [2.24, 2.45) is 0 Å². The topological polar surface area (TPSA) is 76.4 Å². The quantitative estimate of drug-likeness (QED) is 0.810. The minimum atomic E-state index is -4.40. The maximum atomic E-state index is 11.9. The van der Waals surface area contributed by atoms with Gasteiger partial charge < -0.3 is 9.73 Å². The maximum Gasteiger partial charge on any atom is 0.390 e. The first kappa shape index (κ1) is 16.3. The number of carbonyl (C=O) groups excluding carboxylic acids is 1. The second-order valence-electron chi connectivity index (χ2n) is 3.31. The average molecular weight is 385 g/mol. The Labute approximate surface area is 118 Å². The number of hydrogen-bond acceptors (Lipinski definition) is 4. The lowest BCUT2D eigenvalue weighted by Crippen LogP contribution is -2.27. The van der Waals surface area contributed by atoms with Gasteiger partial charge in [-0.15, -0.1) is 0 Å². The fourth-order valence-electron chi connectivity index (χ4n) is 1.04. The lowest BCUT2D eigenvalue weighted by atomic mass is 10.4. The van der Waals surface area contributed by atoms with Crippen LogP contribution in [-0.4, -0.2) is 27.0 Å². The monoisotopic (exact) mass is 383 g/mol. The van der Waals surface area contributed by atoms with Gasteiger partial charge in [0.25, 0.3) is 15.0 Å². The Morgan fingerprint density at radius 1 is 1.47 bits per heavy atom. The minimum Gasteiger partial charge on any atom is -0.443 e. The molecule has 1 rings (SSSR count). The lowest BCUT2D eigenvalue weighted by molar-refractivity contribution is -0.133. The number of carbonyl (C=O) groups is 1. The minimum absolute atomic E-state index is 0.302. The molecule has 19 heavy (non-hydrogen) atoms. The van der Waals surface area contributed by atoms with Crippen LogP contribution >= 0.6 is 26.6 Å². The van der Waals surface area contributed by atoms with Crippen LogP contribution < -0.4 is 5.32 Å². The highest BCUT2D eigenvalue weighted by atomic mass is 79.9. The van der Waals surface area contributed by atoms with Gasteiger partial charge in [0.1, 0.15) is 4.90 Å². The van der Waals surface area contributed by atoms with E-state index in [2.05, 4.69) is 15.9 Å². The zero-order valence-electron chi connectivity index (χ0n) is 8.92. The molecule has 0 aliphatic carbocycles. The fourth-order valence-corrected chi connectivity index (χ4v) is 3.07. The number of rotatable bonds is 4. The van der Waals surface area contributed by atoms with Crippen LogP contribution in [0.2, 0.25) is 0 Å². The summed E-state index contributed by atoms with van der Waals surface area (Å²) in [7, 11) is 0.929. The van der Waals surface area contributed by atoms with Crippen molar-refractivity contribution in [3.8, 4) is 0 Å². The van der Waals surface area contributed by atoms with E-state index >= 15 is 0 Å². The number of nitrogens with one attached hydrogen (secondary N) is 1. The summed E-state index contributed by atoms with van der Waals surface area (Å²) in [6.07, 6.45) is -5.61. The molecule has 1 aromatic rings. The molecule has 0 unspecified atom stereocenters. The molecule has 0 aliphatic rings. The molecule has 0 atom stereocenters. The number of hydrogen-bond donors (Lipinski definition) is 1. The summed E-state index contributed by atoms with van der Waals surface area (Å²) in [5.74, 6) is -1.44. The third-order valence-corrected chi connectivity index (χ3v) is 4.01. The highest BCUT2D eigenvalue weighted by molar-refractivity contribution is 9.10. The molecule has 0 saturated heterocycles. The summed E-state index contributed by atoms with van der Waals surface area (Å²) in [6, 6.07) is 0.815. The Hall–Kier alpha value is -0.740. The molecule has 1 heterocycles. The number of furan rings is 1. The van der Waals surface area contributed by atoms with Crippen LogP contribution in [0, 0.1) is 0 Å². The van der Waals surface area contributed by atoms with Crippen molar-refractivity contribution in [3.05, 3.63) is 16.5 Å². The Kier molecular flexibility index (Phi) is 4.91. The van der Waals surface area contributed by atoms with Crippen molar-refractivity contribution in [1.82, 2.24) is 5.32 Å². The Morgan fingerprint density at radius 2 is 2.05 bits per heavy atom. The van der Waals surface area contributed by atoms with Crippen LogP contribution in [0.3, 0.4) is 0 Å². The van der Waals surface area contributed by atoms with Gasteiger partial charge >= 0.3 is 6.18 Å². The van der Waals surface area contributed by atoms with Crippen molar-refractivity contribution >= 4 is 41.6 Å². The van der Waals surface area contributed by atoms with Gasteiger partial charge in [0.2, 0.25) is 0 Å². The maximum absolute atomic E-state index is 11.9. The molecule has 1 aromatic heterocycles. The summed E-state index contributed by atoms with van der Waals surface area (Å²) in [4.78, 5) is 10.9. The Balaban J connectivity index is 2.74. The standard InChI is InChI=1S/C8H6BrClF3NO4S/c9-6-5(19(10,16)17)3-4(18-6)7(15)14-2-1-8(11,12)13/h3H,1-2H2,(H,14,15). The predicted molar refractivity (Wildman–Crippen MR) is 62.5 cm³/mol. The number of halogens is 5. The molecule has 1 amide bonds. The van der Waals surface area contributed by atoms with Gasteiger partial charge in [-0.05, 0) is 15.9 Å². The van der Waals surface area contributed by atoms with Gasteiger partial charge in [0.15, 0.2) is 10.4 Å². The van der Waals surface area contributed by atoms with Gasteiger partial charge in [-0.3, -0.25) is 4.79 Å². The summed E-state index contributed by atoms with van der Waals surface area (Å²) < 4.78 is 62.1. The van der Waals surface area contributed by atoms with Gasteiger partial charge in [0, 0.05) is 23.3 Å². The Bertz CT molecular complexity index is 583. The molecule has 0 spiro atoms. The second kappa shape index (κ2) is 5.71. The van der Waals surface area contributed by atoms with Crippen LogP contribution in [0.4, 0.5) is 13.2 Å². The van der Waals surface area contributed by atoms with Crippen LogP contribution in [0.5, 0.6) is 0 Å². The SMILES string of the molecule is O=C(NCCC(F)(F)F)c1cc(S(=O)(=O)Cl)c(Br)o1. The van der Waals surface area contributed by atoms with Crippen molar-refractivity contribution in [2.75, 3.05) is 6.54 Å². The number of alkyl halides is 3. The summed E-state index contributed by atoms with van der Waals surface area (Å²) in [5, 5.41) is 1.94. The van der Waals surface area contributed by atoms with Crippen LogP contribution in [0.1, 0.15) is 17.0 Å². The average Bonchev–Trinajstić information content (AvgIpc) is 2.57. The fraction of sp³-hybridized carbons (Fsp3) is 0.375. The molecule has 1 N–H and O–H groups in total. The zero-order chi connectivity index (χ0) is 14.8. The third-order valence-electron chi connectivity index (χ3n) is 1.84. The van der Waals surface area contributed by atoms with E-state index in [1.165, 1.54) is 0 Å². The first-order valence-electron chi connectivity index (χ1n) is 4.59. The summed E-state index contributed by atoms with van der Waals surface area (Å²) >= 11 is 2.73. The highest BCUT2D eigenvalue weighted by Gasteiger charge is 2.27. The normalized spacial score (nSPS) is 12.5. The lowest BCUT2D eigenvalue weighted by Gasteiger charge is -2.06. The summed E-state index contributed by atoms with van der Waals surface area (Å²) in [6.45, 7) is -0.649. The van der Waals surface area contributed by atoms with Crippen LogP contribution in [-0.2, 0) is 9.05 Å². The van der Waals surface area contributed by atoms with Crippen LogP contribution in [0.15, 0.2) is 20.0 Å². The zero-order valence-corrected chi connectivity index (χ0v) is 12.1. The molecule has 0 aliphatic heterocycles. The van der Waals surface area contributed by atoms with Crippen molar-refractivity contribution in [2.45, 2.75) is 17.5 Å². The van der Waals surface area contributed by atoms with E-state index in [0.29, 0.717) is 0 Å². The Morgan fingerprint density at radius 3 is 2.47 bits per heavy atom. The van der Waals surface area contributed by atoms with Crippen molar-refractivity contribution in [1.29, 1.82) is 0 Å². The molecule has 0 radical (unpaired) electrons. The van der Waals surface area contributed by atoms with Gasteiger partial charge in [-0.1, -0.05) is 0 Å². The molecular formula is C8H6BrClF3NO4S. The van der Waals surface area contributed by atoms with E-state index in [4.69, 9.17) is 15.1 Å². The van der Waals surface area contributed by atoms with Gasteiger partial charge in [-0.2, -0.15) is 13.2 Å². The molecule has 5 nitrogen and oxygen atoms in total. The second-order valence-corrected chi connectivity index (χ2v) is 6.56. The molecule has 0 saturated carbocycles. The largest absolute Gasteiger partial charge is 0.443 e. The van der Waals surface area contributed by atoms with E-state index in [0.717, 1.165) is 6.07 Å². The number of amides is 1. The van der Waals surface area contributed by atoms with Crippen molar-refractivity contribution in [3.63, 3.8) is 0 Å². The van der Waals surface area contributed by atoms with Crippen molar-refractivity contribution < 1.29 is 30.8 Å². The first-order chi connectivity index (χ1) is 8.50. The van der Waals surface area contributed by atoms with E-state index in [-0.39, 0.29) is 4.67 Å². The van der Waals surface area contributed by atoms with Gasteiger partial charge in [0.05, 0.1) is 6.42 Å². The molecule has 108 valence electrons. The highest BCUT2D eigenvalue weighted by Crippen LogP contribution is 2.28. The molecular weight excluding hydrogens is 379 g/mol. The molecule has 0 fully saturated rings. The van der Waals surface area contributed by atoms with Crippen LogP contribution in [0.25, 0.3) is 0 Å². The van der Waals surface area contributed by atoms with E-state index in [1.54, 1.807) is 0 Å². The van der Waals surface area contributed by atoms with E-state index in [1.807, 2.05) is 5.32 Å². The first-order valence-corrected chi connectivity index (χ1v) is 7.70. The van der Waals surface area contributed by atoms with E-state index < -0.39 is 44.8 Å².